The Bertz CT molecular complexity index is 853. The minimum Gasteiger partial charge on any atom is -0.398 e. The minimum atomic E-state index is 0.607. The summed E-state index contributed by atoms with van der Waals surface area (Å²) in [5.74, 6) is 0.607. The molecule has 2 N–H and O–H groups in total. The molecule has 6 heteroatoms. The van der Waals surface area contributed by atoms with Gasteiger partial charge in [0.25, 0.3) is 0 Å². The lowest BCUT2D eigenvalue weighted by Gasteiger charge is -2.08. The second-order valence-corrected chi connectivity index (χ2v) is 9.19. The molecule has 0 spiro atoms. The van der Waals surface area contributed by atoms with E-state index in [1.165, 1.54) is 11.9 Å². The Labute approximate surface area is 187 Å². The SMILES string of the molecule is CC(C)CCC(/C=C(\N)c1ccc(Br)cc1)=Nc1ccc(S/N=C/N(C)C)cc1. The number of aliphatic imine (C=N–C) groups is 1. The minimum absolute atomic E-state index is 0.607. The number of rotatable bonds is 9. The zero-order valence-electron chi connectivity index (χ0n) is 17.5. The summed E-state index contributed by atoms with van der Waals surface area (Å²) >= 11 is 4.91. The maximum absolute atomic E-state index is 6.35. The topological polar surface area (TPSA) is 54.0 Å². The molecule has 0 saturated carbocycles. The fraction of sp³-hybridized carbons (Fsp3) is 0.304. The average molecular weight is 473 g/mol. The molecular formula is C23H29BrN4S. The lowest BCUT2D eigenvalue weighted by molar-refractivity contribution is 0.604. The fourth-order valence-corrected chi connectivity index (χ4v) is 3.31. The second kappa shape index (κ2) is 11.8. The molecule has 0 atom stereocenters. The number of allylic oxidation sites excluding steroid dienone is 1. The van der Waals surface area contributed by atoms with E-state index in [-0.39, 0.29) is 0 Å². The van der Waals surface area contributed by atoms with E-state index >= 15 is 0 Å². The van der Waals surface area contributed by atoms with Crippen molar-refractivity contribution in [1.82, 2.24) is 4.90 Å². The Balaban J connectivity index is 2.20. The first kappa shape index (κ1) is 23.2. The molecule has 29 heavy (non-hydrogen) atoms. The van der Waals surface area contributed by atoms with Gasteiger partial charge < -0.3 is 10.6 Å². The molecule has 0 fully saturated rings. The van der Waals surface area contributed by atoms with Gasteiger partial charge in [0, 0.05) is 46.8 Å². The molecule has 2 aromatic rings. The van der Waals surface area contributed by atoms with Crippen molar-refractivity contribution in [3.63, 3.8) is 0 Å². The van der Waals surface area contributed by atoms with Crippen LogP contribution in [-0.2, 0) is 0 Å². The Morgan fingerprint density at radius 3 is 2.34 bits per heavy atom. The van der Waals surface area contributed by atoms with E-state index in [0.717, 1.165) is 44.9 Å². The lowest BCUT2D eigenvalue weighted by atomic mass is 10.0. The zero-order valence-corrected chi connectivity index (χ0v) is 19.9. The lowest BCUT2D eigenvalue weighted by Crippen LogP contribution is -2.06. The largest absolute Gasteiger partial charge is 0.398 e. The van der Waals surface area contributed by atoms with Gasteiger partial charge in [-0.2, -0.15) is 0 Å². The normalized spacial score (nSPS) is 12.8. The van der Waals surface area contributed by atoms with Crippen molar-refractivity contribution in [2.45, 2.75) is 31.6 Å². The van der Waals surface area contributed by atoms with E-state index in [2.05, 4.69) is 34.2 Å². The first-order chi connectivity index (χ1) is 13.8. The van der Waals surface area contributed by atoms with Crippen LogP contribution in [0.4, 0.5) is 5.69 Å². The van der Waals surface area contributed by atoms with Crippen molar-refractivity contribution in [3.05, 3.63) is 64.6 Å². The summed E-state index contributed by atoms with van der Waals surface area (Å²) in [5, 5.41) is 0. The van der Waals surface area contributed by atoms with Crippen LogP contribution in [0.5, 0.6) is 0 Å². The van der Waals surface area contributed by atoms with E-state index in [0.29, 0.717) is 5.92 Å². The average Bonchev–Trinajstić information content (AvgIpc) is 2.67. The first-order valence-corrected chi connectivity index (χ1v) is 11.2. The van der Waals surface area contributed by atoms with Crippen LogP contribution in [-0.4, -0.2) is 31.0 Å². The van der Waals surface area contributed by atoms with Crippen LogP contribution >= 0.6 is 27.9 Å². The van der Waals surface area contributed by atoms with Crippen molar-refractivity contribution < 1.29 is 0 Å². The number of hydrogen-bond acceptors (Lipinski definition) is 4. The molecule has 0 aliphatic carbocycles. The zero-order chi connectivity index (χ0) is 21.2. The van der Waals surface area contributed by atoms with Crippen molar-refractivity contribution >= 4 is 51.3 Å². The number of halogens is 1. The predicted molar refractivity (Wildman–Crippen MR) is 132 cm³/mol. The van der Waals surface area contributed by atoms with Gasteiger partial charge in [-0.1, -0.05) is 41.9 Å². The Morgan fingerprint density at radius 2 is 1.76 bits per heavy atom. The van der Waals surface area contributed by atoms with Gasteiger partial charge in [0.15, 0.2) is 0 Å². The van der Waals surface area contributed by atoms with Crippen LogP contribution in [0, 0.1) is 5.92 Å². The van der Waals surface area contributed by atoms with E-state index in [1.54, 1.807) is 6.34 Å². The predicted octanol–water partition coefficient (Wildman–Crippen LogP) is 6.55. The van der Waals surface area contributed by atoms with Crippen LogP contribution in [0.25, 0.3) is 5.70 Å². The molecule has 0 aliphatic rings. The van der Waals surface area contributed by atoms with E-state index in [1.807, 2.05) is 73.6 Å². The highest BCUT2D eigenvalue weighted by Crippen LogP contribution is 2.23. The van der Waals surface area contributed by atoms with E-state index < -0.39 is 0 Å². The number of hydrogen-bond donors (Lipinski definition) is 1. The first-order valence-electron chi connectivity index (χ1n) is 9.61. The fourth-order valence-electron chi connectivity index (χ4n) is 2.43. The molecule has 0 radical (unpaired) electrons. The number of nitrogens with two attached hydrogens (primary N) is 1. The maximum Gasteiger partial charge on any atom is 0.0988 e. The van der Waals surface area contributed by atoms with E-state index in [4.69, 9.17) is 10.7 Å². The molecule has 2 rings (SSSR count). The third kappa shape index (κ3) is 8.88. The maximum atomic E-state index is 6.35. The van der Waals surface area contributed by atoms with Crippen LogP contribution in [0.15, 0.2) is 73.4 Å². The molecule has 0 aromatic heterocycles. The van der Waals surface area contributed by atoms with Crippen LogP contribution in [0.1, 0.15) is 32.3 Å². The van der Waals surface area contributed by atoms with Gasteiger partial charge in [0.1, 0.15) is 0 Å². The molecule has 0 heterocycles. The molecule has 0 bridgehead atoms. The van der Waals surface area contributed by atoms with Crippen molar-refractivity contribution in [1.29, 1.82) is 0 Å². The molecule has 0 saturated heterocycles. The van der Waals surface area contributed by atoms with Gasteiger partial charge >= 0.3 is 0 Å². The number of benzene rings is 2. The van der Waals surface area contributed by atoms with Gasteiger partial charge in [-0.05, 0) is 66.8 Å². The summed E-state index contributed by atoms with van der Waals surface area (Å²) in [6.45, 7) is 4.44. The molecule has 0 unspecified atom stereocenters. The van der Waals surface area contributed by atoms with Gasteiger partial charge in [-0.25, -0.2) is 4.40 Å². The third-order valence-electron chi connectivity index (χ3n) is 4.02. The number of nitrogens with zero attached hydrogens (tertiary/aromatic N) is 3. The highest BCUT2D eigenvalue weighted by molar-refractivity contribution is 9.10. The van der Waals surface area contributed by atoms with E-state index in [9.17, 15) is 0 Å². The van der Waals surface area contributed by atoms with Gasteiger partial charge in [-0.3, -0.25) is 4.99 Å². The van der Waals surface area contributed by atoms with Gasteiger partial charge in [0.05, 0.1) is 12.0 Å². The summed E-state index contributed by atoms with van der Waals surface area (Å²) in [6, 6.07) is 16.1. The highest BCUT2D eigenvalue weighted by Gasteiger charge is 2.04. The second-order valence-electron chi connectivity index (χ2n) is 7.41. The highest BCUT2D eigenvalue weighted by atomic mass is 79.9. The van der Waals surface area contributed by atoms with Crippen LogP contribution < -0.4 is 5.73 Å². The van der Waals surface area contributed by atoms with Crippen LogP contribution in [0.2, 0.25) is 0 Å². The van der Waals surface area contributed by atoms with Crippen LogP contribution in [0.3, 0.4) is 0 Å². The smallest absolute Gasteiger partial charge is 0.0988 e. The summed E-state index contributed by atoms with van der Waals surface area (Å²) < 4.78 is 5.35. The summed E-state index contributed by atoms with van der Waals surface area (Å²) in [7, 11) is 3.90. The summed E-state index contributed by atoms with van der Waals surface area (Å²) in [5.41, 5.74) is 9.99. The molecule has 0 amide bonds. The Kier molecular flexibility index (Phi) is 9.48. The molecule has 0 aliphatic heterocycles. The monoisotopic (exact) mass is 472 g/mol. The van der Waals surface area contributed by atoms with Crippen molar-refractivity contribution in [3.8, 4) is 0 Å². The Hall–Kier alpha value is -2.05. The summed E-state index contributed by atoms with van der Waals surface area (Å²) in [6.07, 6.45) is 5.74. The molecule has 154 valence electrons. The quantitative estimate of drug-likeness (QED) is 0.255. The van der Waals surface area contributed by atoms with Crippen molar-refractivity contribution in [2.75, 3.05) is 14.1 Å². The van der Waals surface area contributed by atoms with Gasteiger partial charge in [-0.15, -0.1) is 0 Å². The van der Waals surface area contributed by atoms with Gasteiger partial charge in [0.2, 0.25) is 0 Å². The molecule has 4 nitrogen and oxygen atoms in total. The third-order valence-corrected chi connectivity index (χ3v) is 5.23. The molecular weight excluding hydrogens is 444 g/mol. The summed E-state index contributed by atoms with van der Waals surface area (Å²) in [4.78, 5) is 7.85. The van der Waals surface area contributed by atoms with Crippen molar-refractivity contribution in [2.24, 2.45) is 21.0 Å². The molecule has 2 aromatic carbocycles. The standard InChI is InChI=1S/C23H29BrN4S/c1-17(2)5-10-21(15-23(25)18-6-8-19(24)9-7-18)27-20-11-13-22(14-12-20)29-26-16-28(3)4/h6-9,11-17H,5,10,25H2,1-4H3/b23-15-,26-16+,27-21?. The Morgan fingerprint density at radius 1 is 1.10 bits per heavy atom.